The Labute approximate surface area is 148 Å². The van der Waals surface area contributed by atoms with E-state index in [1.165, 1.54) is 25.4 Å². The summed E-state index contributed by atoms with van der Waals surface area (Å²) in [4.78, 5) is 16.1. The Morgan fingerprint density at radius 2 is 1.88 bits per heavy atom. The first kappa shape index (κ1) is 18.9. The Hall–Kier alpha value is -2.41. The van der Waals surface area contributed by atoms with Gasteiger partial charge < -0.3 is 10.1 Å². The number of pyridine rings is 1. The molecule has 2 rings (SSSR count). The van der Waals surface area contributed by atoms with Crippen molar-refractivity contribution in [2.75, 3.05) is 13.7 Å². The summed E-state index contributed by atoms with van der Waals surface area (Å²) in [5.41, 5.74) is 0.530. The lowest BCUT2D eigenvalue weighted by atomic mass is 10.2. The van der Waals surface area contributed by atoms with Gasteiger partial charge in [0.1, 0.15) is 11.0 Å². The molecule has 7 heteroatoms. The van der Waals surface area contributed by atoms with E-state index in [9.17, 15) is 13.2 Å². The van der Waals surface area contributed by atoms with Gasteiger partial charge in [0, 0.05) is 24.9 Å². The number of hydrogen-bond acceptors (Lipinski definition) is 5. The van der Waals surface area contributed by atoms with E-state index in [-0.39, 0.29) is 23.3 Å². The monoisotopic (exact) mass is 362 g/mol. The Morgan fingerprint density at radius 3 is 2.40 bits per heavy atom. The lowest BCUT2D eigenvalue weighted by Crippen LogP contribution is -2.34. The first-order valence-electron chi connectivity index (χ1n) is 7.92. The molecule has 1 atom stereocenters. The third kappa shape index (κ3) is 4.57. The van der Waals surface area contributed by atoms with Gasteiger partial charge in [0.25, 0.3) is 0 Å². The number of rotatable bonds is 7. The normalized spacial score (nSPS) is 12.6. The van der Waals surface area contributed by atoms with Crippen molar-refractivity contribution in [1.29, 1.82) is 0 Å². The highest BCUT2D eigenvalue weighted by molar-refractivity contribution is 7.91. The second-order valence-corrected chi connectivity index (χ2v) is 8.03. The zero-order chi connectivity index (χ0) is 18.4. The summed E-state index contributed by atoms with van der Waals surface area (Å²) in [6.07, 6.45) is 3.08. The molecule has 0 saturated carbocycles. The van der Waals surface area contributed by atoms with Crippen molar-refractivity contribution in [2.24, 2.45) is 5.92 Å². The molecule has 1 aromatic carbocycles. The van der Waals surface area contributed by atoms with Gasteiger partial charge in [-0.1, -0.05) is 19.9 Å². The fraction of sp³-hybridized carbons (Fsp3) is 0.333. The molecule has 25 heavy (non-hydrogen) atoms. The maximum absolute atomic E-state index is 13.1. The first-order valence-corrected chi connectivity index (χ1v) is 9.46. The number of carbonyl (C=O) groups is 1. The van der Waals surface area contributed by atoms with Crippen LogP contribution >= 0.6 is 0 Å². The van der Waals surface area contributed by atoms with Gasteiger partial charge in [-0.25, -0.2) is 8.42 Å². The second-order valence-electron chi connectivity index (χ2n) is 5.90. The van der Waals surface area contributed by atoms with E-state index >= 15 is 0 Å². The number of methoxy groups -OCH3 is 1. The lowest BCUT2D eigenvalue weighted by molar-refractivity contribution is -0.123. The third-order valence-electron chi connectivity index (χ3n) is 3.80. The average Bonchev–Trinajstić information content (AvgIpc) is 2.62. The molecule has 2 aromatic rings. The van der Waals surface area contributed by atoms with Crippen molar-refractivity contribution in [1.82, 2.24) is 10.3 Å². The van der Waals surface area contributed by atoms with Gasteiger partial charge in [-0.2, -0.15) is 0 Å². The Bertz CT molecular complexity index is 803. The summed E-state index contributed by atoms with van der Waals surface area (Å²) in [6.45, 7) is 3.50. The van der Waals surface area contributed by atoms with Crippen LogP contribution in [0.1, 0.15) is 24.7 Å². The number of carbonyl (C=O) groups excluding carboxylic acids is 1. The molecule has 1 heterocycles. The quantitative estimate of drug-likeness (QED) is 0.817. The van der Waals surface area contributed by atoms with Crippen molar-refractivity contribution in [3.05, 3.63) is 54.4 Å². The Kier molecular flexibility index (Phi) is 6.14. The van der Waals surface area contributed by atoms with Gasteiger partial charge in [-0.15, -0.1) is 0 Å². The van der Waals surface area contributed by atoms with Gasteiger partial charge in [-0.3, -0.25) is 9.78 Å². The molecule has 0 radical (unpaired) electrons. The number of ether oxygens (including phenoxy) is 1. The van der Waals surface area contributed by atoms with Crippen molar-refractivity contribution in [3.63, 3.8) is 0 Å². The van der Waals surface area contributed by atoms with E-state index in [0.29, 0.717) is 11.3 Å². The number of sulfone groups is 1. The molecule has 1 N–H and O–H groups in total. The van der Waals surface area contributed by atoms with E-state index < -0.39 is 15.1 Å². The van der Waals surface area contributed by atoms with Gasteiger partial charge in [0.05, 0.1) is 12.0 Å². The average molecular weight is 362 g/mol. The van der Waals surface area contributed by atoms with Gasteiger partial charge in [-0.05, 0) is 35.9 Å². The molecule has 0 aliphatic rings. The molecule has 134 valence electrons. The zero-order valence-electron chi connectivity index (χ0n) is 14.5. The largest absolute Gasteiger partial charge is 0.497 e. The van der Waals surface area contributed by atoms with Gasteiger partial charge >= 0.3 is 0 Å². The number of nitrogens with one attached hydrogen (secondary N) is 1. The van der Waals surface area contributed by atoms with Crippen molar-refractivity contribution in [2.45, 2.75) is 24.0 Å². The van der Waals surface area contributed by atoms with Crippen molar-refractivity contribution < 1.29 is 17.9 Å². The van der Waals surface area contributed by atoms with Crippen LogP contribution in [0.25, 0.3) is 0 Å². The number of hydrogen-bond donors (Lipinski definition) is 1. The second kappa shape index (κ2) is 8.11. The maximum Gasteiger partial charge on any atom is 0.222 e. The number of nitrogens with zero attached hydrogens (tertiary/aromatic N) is 1. The summed E-state index contributed by atoms with van der Waals surface area (Å²) in [6, 6.07) is 9.57. The molecule has 0 bridgehead atoms. The summed E-state index contributed by atoms with van der Waals surface area (Å²) in [5, 5.41) is 1.79. The van der Waals surface area contributed by atoms with Crippen LogP contribution in [0.15, 0.2) is 53.7 Å². The number of amides is 1. The molecule has 0 fully saturated rings. The van der Waals surface area contributed by atoms with Crippen LogP contribution in [-0.2, 0) is 14.6 Å². The minimum absolute atomic E-state index is 0.0168. The van der Waals surface area contributed by atoms with E-state index in [4.69, 9.17) is 4.74 Å². The van der Waals surface area contributed by atoms with Crippen LogP contribution in [0.5, 0.6) is 5.75 Å². The summed E-state index contributed by atoms with van der Waals surface area (Å²) < 4.78 is 31.3. The van der Waals surface area contributed by atoms with Crippen LogP contribution in [0.2, 0.25) is 0 Å². The predicted octanol–water partition coefficient (Wildman–Crippen LogP) is 2.38. The molecule has 0 spiro atoms. The fourth-order valence-electron chi connectivity index (χ4n) is 2.30. The summed E-state index contributed by atoms with van der Waals surface area (Å²) in [5.74, 6) is 0.155. The van der Waals surface area contributed by atoms with E-state index in [0.717, 1.165) is 0 Å². The Morgan fingerprint density at radius 1 is 1.20 bits per heavy atom. The van der Waals surface area contributed by atoms with Crippen LogP contribution in [0, 0.1) is 5.92 Å². The standard InChI is InChI=1S/C18H22N2O4S/c1-13(2)18(21)20-12-17(14-5-4-10-19-11-14)25(22,23)16-8-6-15(24-3)7-9-16/h4-11,13,17H,12H2,1-3H3,(H,20,21)/t17-/m0/s1. The van der Waals surface area contributed by atoms with E-state index in [2.05, 4.69) is 10.3 Å². The Balaban J connectivity index is 2.37. The van der Waals surface area contributed by atoms with Crippen LogP contribution in [0.3, 0.4) is 0 Å². The lowest BCUT2D eigenvalue weighted by Gasteiger charge is -2.19. The molecule has 0 unspecified atom stereocenters. The zero-order valence-corrected chi connectivity index (χ0v) is 15.3. The smallest absolute Gasteiger partial charge is 0.222 e. The van der Waals surface area contributed by atoms with Gasteiger partial charge in [0.15, 0.2) is 9.84 Å². The predicted molar refractivity (Wildman–Crippen MR) is 95.0 cm³/mol. The van der Waals surface area contributed by atoms with Crippen molar-refractivity contribution in [3.8, 4) is 5.75 Å². The topological polar surface area (TPSA) is 85.4 Å². The highest BCUT2D eigenvalue weighted by Gasteiger charge is 2.30. The van der Waals surface area contributed by atoms with Crippen LogP contribution in [0.4, 0.5) is 0 Å². The van der Waals surface area contributed by atoms with Gasteiger partial charge in [0.2, 0.25) is 5.91 Å². The fourth-order valence-corrected chi connectivity index (χ4v) is 3.94. The molecule has 1 aromatic heterocycles. The van der Waals surface area contributed by atoms with Crippen molar-refractivity contribution >= 4 is 15.7 Å². The minimum Gasteiger partial charge on any atom is -0.497 e. The highest BCUT2D eigenvalue weighted by atomic mass is 32.2. The van der Waals surface area contributed by atoms with Crippen LogP contribution < -0.4 is 10.1 Å². The SMILES string of the molecule is COc1ccc(S(=O)(=O)[C@@H](CNC(=O)C(C)C)c2cccnc2)cc1. The molecule has 0 aliphatic heterocycles. The summed E-state index contributed by atoms with van der Waals surface area (Å²) in [7, 11) is -2.19. The molecule has 6 nitrogen and oxygen atoms in total. The minimum atomic E-state index is -3.71. The maximum atomic E-state index is 13.1. The highest BCUT2D eigenvalue weighted by Crippen LogP contribution is 2.29. The third-order valence-corrected chi connectivity index (χ3v) is 5.92. The number of benzene rings is 1. The first-order chi connectivity index (χ1) is 11.9. The summed E-state index contributed by atoms with van der Waals surface area (Å²) >= 11 is 0. The van der Waals surface area contributed by atoms with E-state index in [1.807, 2.05) is 0 Å². The molecular weight excluding hydrogens is 340 g/mol. The van der Waals surface area contributed by atoms with E-state index in [1.54, 1.807) is 44.3 Å². The molecule has 1 amide bonds. The van der Waals surface area contributed by atoms with Crippen LogP contribution in [-0.4, -0.2) is 33.0 Å². The molecular formula is C18H22N2O4S. The molecule has 0 saturated heterocycles. The number of aromatic nitrogens is 1. The molecule has 0 aliphatic carbocycles.